The van der Waals surface area contributed by atoms with Crippen molar-refractivity contribution in [3.05, 3.63) is 12.2 Å². The second-order valence-corrected chi connectivity index (χ2v) is 9.19. The molecule has 4 bridgehead atoms. The van der Waals surface area contributed by atoms with E-state index in [0.717, 1.165) is 32.1 Å². The minimum atomic E-state index is -0.123. The summed E-state index contributed by atoms with van der Waals surface area (Å²) in [5, 5.41) is 0. The van der Waals surface area contributed by atoms with Crippen LogP contribution < -0.4 is 0 Å². The highest BCUT2D eigenvalue weighted by atomic mass is 16.5. The average molecular weight is 356 g/mol. The first-order valence-corrected chi connectivity index (χ1v) is 10.6. The van der Waals surface area contributed by atoms with Crippen LogP contribution in [0.4, 0.5) is 0 Å². The number of ether oxygens (including phenoxy) is 1. The lowest BCUT2D eigenvalue weighted by Crippen LogP contribution is -2.33. The largest absolute Gasteiger partial charge is 0.462 e. The highest BCUT2D eigenvalue weighted by Gasteiger charge is 2.68. The van der Waals surface area contributed by atoms with Crippen molar-refractivity contribution in [2.45, 2.75) is 63.9 Å². The lowest BCUT2D eigenvalue weighted by Gasteiger charge is -2.34. The van der Waals surface area contributed by atoms with Gasteiger partial charge in [-0.15, -0.1) is 0 Å². The molecule has 4 heteroatoms. The topological polar surface area (TPSA) is 60.4 Å². The number of allylic oxidation sites excluding steroid dienone is 2. The van der Waals surface area contributed by atoms with Crippen LogP contribution in [0.2, 0.25) is 0 Å². The fraction of sp³-hybridized carbons (Fsp3) is 0.773. The van der Waals surface area contributed by atoms with E-state index in [1.807, 2.05) is 12.2 Å². The summed E-state index contributed by atoms with van der Waals surface area (Å²) in [5.41, 5.74) is 0. The molecule has 26 heavy (non-hydrogen) atoms. The van der Waals surface area contributed by atoms with E-state index in [0.29, 0.717) is 18.0 Å². The Morgan fingerprint density at radius 1 is 0.923 bits per heavy atom. The zero-order valence-electron chi connectivity index (χ0n) is 15.3. The summed E-state index contributed by atoms with van der Waals surface area (Å²) in [6.45, 7) is 0. The van der Waals surface area contributed by atoms with Crippen LogP contribution in [0.5, 0.6) is 0 Å². The van der Waals surface area contributed by atoms with Crippen LogP contribution in [-0.2, 0) is 19.1 Å². The van der Waals surface area contributed by atoms with Gasteiger partial charge in [-0.2, -0.15) is 0 Å². The van der Waals surface area contributed by atoms with Gasteiger partial charge in [0.1, 0.15) is 17.7 Å². The van der Waals surface area contributed by atoms with Crippen molar-refractivity contribution in [1.29, 1.82) is 0 Å². The van der Waals surface area contributed by atoms with Crippen LogP contribution in [0, 0.1) is 41.4 Å². The van der Waals surface area contributed by atoms with Crippen molar-refractivity contribution in [3.8, 4) is 0 Å². The van der Waals surface area contributed by atoms with Crippen LogP contribution in [0.25, 0.3) is 0 Å². The molecule has 0 aromatic carbocycles. The van der Waals surface area contributed by atoms with E-state index in [1.165, 1.54) is 19.3 Å². The van der Waals surface area contributed by atoms with Gasteiger partial charge in [0.2, 0.25) is 0 Å². The summed E-state index contributed by atoms with van der Waals surface area (Å²) in [6, 6.07) is 0. The molecule has 4 nitrogen and oxygen atoms in total. The maximum atomic E-state index is 12.8. The molecule has 140 valence electrons. The lowest BCUT2D eigenvalue weighted by atomic mass is 9.69. The first kappa shape index (κ1) is 16.7. The standard InChI is InChI=1S/C22H28O4/c23-17(26-13-6-4-2-1-3-5-7-13)11-12-10-16-19-14-8-9-15(21(14)24)20(19)18(12)22(16)25/h8-9,12-16,18-20H,1-7,10-11H2. The molecule has 0 aromatic heterocycles. The highest BCUT2D eigenvalue weighted by Crippen LogP contribution is 2.64. The minimum Gasteiger partial charge on any atom is -0.462 e. The van der Waals surface area contributed by atoms with E-state index in [9.17, 15) is 14.4 Å². The second kappa shape index (κ2) is 6.31. The van der Waals surface area contributed by atoms with Gasteiger partial charge < -0.3 is 4.74 Å². The molecular formula is C22H28O4. The smallest absolute Gasteiger partial charge is 0.306 e. The van der Waals surface area contributed by atoms with E-state index in [1.54, 1.807) is 0 Å². The molecule has 0 spiro atoms. The Labute approximate surface area is 154 Å². The van der Waals surface area contributed by atoms with E-state index in [2.05, 4.69) is 0 Å². The molecule has 4 fully saturated rings. The minimum absolute atomic E-state index is 0.00749. The molecule has 5 aliphatic rings. The SMILES string of the molecule is O=C(CC1CC2C(=O)C1C1C3C=CC(C3=O)C21)OC1CCCCCCC1. The van der Waals surface area contributed by atoms with E-state index in [4.69, 9.17) is 4.74 Å². The average Bonchev–Trinajstić information content (AvgIpc) is 3.27. The number of fused-ring (bicyclic) bond motifs is 9. The monoisotopic (exact) mass is 356 g/mol. The van der Waals surface area contributed by atoms with Gasteiger partial charge in [-0.25, -0.2) is 0 Å². The zero-order chi connectivity index (χ0) is 17.8. The van der Waals surface area contributed by atoms with Gasteiger partial charge in [-0.1, -0.05) is 31.4 Å². The van der Waals surface area contributed by atoms with Crippen molar-refractivity contribution in [2.24, 2.45) is 41.4 Å². The Bertz CT molecular complexity index is 657. The fourth-order valence-corrected chi connectivity index (χ4v) is 6.86. The lowest BCUT2D eigenvalue weighted by molar-refractivity contribution is -0.152. The third-order valence-electron chi connectivity index (χ3n) is 7.87. The molecule has 0 aliphatic heterocycles. The number of esters is 1. The summed E-state index contributed by atoms with van der Waals surface area (Å²) in [7, 11) is 0. The van der Waals surface area contributed by atoms with Gasteiger partial charge in [-0.05, 0) is 49.9 Å². The summed E-state index contributed by atoms with van der Waals surface area (Å²) < 4.78 is 5.79. The number of hydrogen-bond donors (Lipinski definition) is 0. The number of hydrogen-bond acceptors (Lipinski definition) is 4. The maximum Gasteiger partial charge on any atom is 0.306 e. The van der Waals surface area contributed by atoms with Gasteiger partial charge in [0.05, 0.1) is 0 Å². The third kappa shape index (κ3) is 2.44. The maximum absolute atomic E-state index is 12.8. The van der Waals surface area contributed by atoms with Gasteiger partial charge >= 0.3 is 5.97 Å². The number of carbonyl (C=O) groups is 3. The summed E-state index contributed by atoms with van der Waals surface area (Å²) in [6.07, 6.45) is 13.3. The van der Waals surface area contributed by atoms with Gasteiger partial charge in [0, 0.05) is 30.1 Å². The highest BCUT2D eigenvalue weighted by molar-refractivity contribution is 5.99. The zero-order valence-corrected chi connectivity index (χ0v) is 15.3. The second-order valence-electron chi connectivity index (χ2n) is 9.19. The van der Waals surface area contributed by atoms with Crippen LogP contribution in [0.15, 0.2) is 12.2 Å². The summed E-state index contributed by atoms with van der Waals surface area (Å²) in [4.78, 5) is 37.7. The fourth-order valence-electron chi connectivity index (χ4n) is 6.86. The van der Waals surface area contributed by atoms with Gasteiger partial charge in [-0.3, -0.25) is 14.4 Å². The Kier molecular flexibility index (Phi) is 4.06. The molecule has 7 atom stereocenters. The van der Waals surface area contributed by atoms with Crippen molar-refractivity contribution in [2.75, 3.05) is 0 Å². The van der Waals surface area contributed by atoms with Gasteiger partial charge in [0.25, 0.3) is 0 Å². The molecular weight excluding hydrogens is 328 g/mol. The van der Waals surface area contributed by atoms with E-state index < -0.39 is 0 Å². The number of carbonyl (C=O) groups excluding carboxylic acids is 3. The van der Waals surface area contributed by atoms with E-state index >= 15 is 0 Å². The molecule has 5 aliphatic carbocycles. The molecule has 0 heterocycles. The predicted octanol–water partition coefficient (Wildman–Crippen LogP) is 3.48. The third-order valence-corrected chi connectivity index (χ3v) is 7.87. The first-order valence-electron chi connectivity index (χ1n) is 10.6. The molecule has 0 N–H and O–H groups in total. The van der Waals surface area contributed by atoms with Gasteiger partial charge in [0.15, 0.2) is 0 Å². The Hall–Kier alpha value is -1.45. The Balaban J connectivity index is 1.23. The summed E-state index contributed by atoms with van der Waals surface area (Å²) >= 11 is 0. The normalized spacial score (nSPS) is 44.2. The Morgan fingerprint density at radius 2 is 1.58 bits per heavy atom. The number of rotatable bonds is 3. The van der Waals surface area contributed by atoms with Crippen molar-refractivity contribution >= 4 is 17.5 Å². The summed E-state index contributed by atoms with van der Waals surface area (Å²) in [5.74, 6) is 0.857. The number of ketones is 2. The van der Waals surface area contributed by atoms with E-state index in [-0.39, 0.29) is 53.5 Å². The quantitative estimate of drug-likeness (QED) is 0.441. The van der Waals surface area contributed by atoms with Crippen LogP contribution in [0.1, 0.15) is 57.8 Å². The first-order chi connectivity index (χ1) is 12.6. The van der Waals surface area contributed by atoms with Crippen molar-refractivity contribution < 1.29 is 19.1 Å². The molecule has 0 aromatic rings. The predicted molar refractivity (Wildman–Crippen MR) is 95.0 cm³/mol. The molecule has 4 saturated carbocycles. The molecule has 0 amide bonds. The molecule has 7 unspecified atom stereocenters. The molecule has 0 saturated heterocycles. The molecule has 0 radical (unpaired) electrons. The Morgan fingerprint density at radius 3 is 2.31 bits per heavy atom. The van der Waals surface area contributed by atoms with Crippen molar-refractivity contribution in [1.82, 2.24) is 0 Å². The van der Waals surface area contributed by atoms with Crippen LogP contribution >= 0.6 is 0 Å². The number of Topliss-reactive ketones (excluding diaryl/α,β-unsaturated/α-hetero) is 2. The van der Waals surface area contributed by atoms with Crippen LogP contribution in [0.3, 0.4) is 0 Å². The van der Waals surface area contributed by atoms with Crippen molar-refractivity contribution in [3.63, 3.8) is 0 Å². The molecule has 5 rings (SSSR count). The van der Waals surface area contributed by atoms with Crippen LogP contribution in [-0.4, -0.2) is 23.6 Å².